The van der Waals surface area contributed by atoms with Gasteiger partial charge in [-0.25, -0.2) is 0 Å². The number of hydrogen-bond donors (Lipinski definition) is 2. The Hall–Kier alpha value is -1.05. The fraction of sp³-hybridized carbons (Fsp3) is 0.417. The predicted molar refractivity (Wildman–Crippen MR) is 77.2 cm³/mol. The number of hydrogen-bond acceptors (Lipinski definition) is 2. The fourth-order valence-electron chi connectivity index (χ4n) is 1.46. The van der Waals surface area contributed by atoms with Gasteiger partial charge in [-0.05, 0) is 30.8 Å². The Kier molecular flexibility index (Phi) is 6.51. The van der Waals surface area contributed by atoms with Crippen LogP contribution in [-0.4, -0.2) is 25.4 Å². The van der Waals surface area contributed by atoms with Crippen molar-refractivity contribution in [2.75, 3.05) is 25.6 Å². The normalized spacial score (nSPS) is 11.2. The summed E-state index contributed by atoms with van der Waals surface area (Å²) in [7, 11) is 1.57. The average molecular weight is 327 g/mol. The van der Waals surface area contributed by atoms with Gasteiger partial charge in [0.25, 0.3) is 0 Å². The molecular formula is C12H14ClF3N2OS. The van der Waals surface area contributed by atoms with Crippen molar-refractivity contribution >= 4 is 34.6 Å². The summed E-state index contributed by atoms with van der Waals surface area (Å²) in [5.74, 6) is 0. The summed E-state index contributed by atoms with van der Waals surface area (Å²) < 4.78 is 43.4. The molecule has 0 aromatic heterocycles. The molecule has 1 rings (SSSR count). The molecule has 0 aliphatic heterocycles. The van der Waals surface area contributed by atoms with Crippen molar-refractivity contribution in [1.29, 1.82) is 0 Å². The van der Waals surface area contributed by atoms with E-state index in [4.69, 9.17) is 28.6 Å². The number of nitrogens with one attached hydrogen (secondary N) is 2. The van der Waals surface area contributed by atoms with Gasteiger partial charge in [-0.3, -0.25) is 0 Å². The number of anilines is 1. The Balaban J connectivity index is 2.74. The van der Waals surface area contributed by atoms with Crippen LogP contribution in [0.3, 0.4) is 0 Å². The minimum absolute atomic E-state index is 0.0409. The van der Waals surface area contributed by atoms with Crippen LogP contribution < -0.4 is 10.6 Å². The van der Waals surface area contributed by atoms with E-state index in [0.717, 1.165) is 6.07 Å². The van der Waals surface area contributed by atoms with Crippen LogP contribution in [0.1, 0.15) is 12.0 Å². The van der Waals surface area contributed by atoms with Crippen molar-refractivity contribution in [3.05, 3.63) is 28.8 Å². The first kappa shape index (κ1) is 17.0. The zero-order valence-corrected chi connectivity index (χ0v) is 12.3. The quantitative estimate of drug-likeness (QED) is 0.639. The molecule has 2 N–H and O–H groups in total. The van der Waals surface area contributed by atoms with Gasteiger partial charge in [0.05, 0.1) is 16.3 Å². The van der Waals surface area contributed by atoms with Gasteiger partial charge in [0, 0.05) is 20.3 Å². The number of benzene rings is 1. The molecule has 0 saturated heterocycles. The number of para-hydroxylation sites is 1. The summed E-state index contributed by atoms with van der Waals surface area (Å²) in [6, 6.07) is 3.56. The van der Waals surface area contributed by atoms with Crippen molar-refractivity contribution in [2.45, 2.75) is 12.6 Å². The van der Waals surface area contributed by atoms with Gasteiger partial charge in [-0.1, -0.05) is 17.7 Å². The summed E-state index contributed by atoms with van der Waals surface area (Å²) in [6.45, 7) is 1.03. The molecule has 0 fully saturated rings. The van der Waals surface area contributed by atoms with E-state index in [1.165, 1.54) is 12.1 Å². The highest BCUT2D eigenvalue weighted by atomic mass is 35.5. The standard InChI is InChI=1S/C12H14ClF3N2OS/c1-19-7-3-6-17-11(20)18-10-8(12(14,15)16)4-2-5-9(10)13/h2,4-5H,3,6-7H2,1H3,(H2,17,18,20). The Morgan fingerprint density at radius 1 is 1.40 bits per heavy atom. The lowest BCUT2D eigenvalue weighted by molar-refractivity contribution is -0.136. The summed E-state index contributed by atoms with van der Waals surface area (Å²) in [5, 5.41) is 5.32. The highest BCUT2D eigenvalue weighted by Crippen LogP contribution is 2.38. The van der Waals surface area contributed by atoms with Gasteiger partial charge in [0.2, 0.25) is 0 Å². The molecule has 1 aromatic carbocycles. The second kappa shape index (κ2) is 7.66. The van der Waals surface area contributed by atoms with E-state index < -0.39 is 11.7 Å². The lowest BCUT2D eigenvalue weighted by atomic mass is 10.1. The van der Waals surface area contributed by atoms with E-state index in [1.807, 2.05) is 0 Å². The lowest BCUT2D eigenvalue weighted by Crippen LogP contribution is -2.30. The predicted octanol–water partition coefficient (Wildman–Crippen LogP) is 3.68. The van der Waals surface area contributed by atoms with Crippen molar-refractivity contribution in [2.24, 2.45) is 0 Å². The average Bonchev–Trinajstić information content (AvgIpc) is 2.36. The minimum atomic E-state index is -4.50. The number of alkyl halides is 3. The summed E-state index contributed by atoms with van der Waals surface area (Å²) in [6.07, 6.45) is -3.81. The molecule has 0 amide bonds. The zero-order chi connectivity index (χ0) is 15.2. The van der Waals surface area contributed by atoms with Crippen LogP contribution in [-0.2, 0) is 10.9 Å². The number of rotatable bonds is 5. The smallest absolute Gasteiger partial charge is 0.385 e. The molecule has 0 saturated carbocycles. The van der Waals surface area contributed by atoms with Crippen LogP contribution in [0.5, 0.6) is 0 Å². The highest BCUT2D eigenvalue weighted by molar-refractivity contribution is 7.80. The largest absolute Gasteiger partial charge is 0.418 e. The van der Waals surface area contributed by atoms with E-state index in [-0.39, 0.29) is 15.8 Å². The summed E-state index contributed by atoms with van der Waals surface area (Å²) >= 11 is 10.7. The van der Waals surface area contributed by atoms with Crippen LogP contribution in [0.4, 0.5) is 18.9 Å². The monoisotopic (exact) mass is 326 g/mol. The molecule has 0 aliphatic carbocycles. The van der Waals surface area contributed by atoms with Crippen LogP contribution in [0.25, 0.3) is 0 Å². The molecule has 1 aromatic rings. The maximum absolute atomic E-state index is 12.9. The molecule has 8 heteroatoms. The van der Waals surface area contributed by atoms with Gasteiger partial charge < -0.3 is 15.4 Å². The third-order valence-electron chi connectivity index (χ3n) is 2.37. The van der Waals surface area contributed by atoms with E-state index in [1.54, 1.807) is 7.11 Å². The Labute approximate surface area is 125 Å². The summed E-state index contributed by atoms with van der Waals surface area (Å²) in [4.78, 5) is 0. The van der Waals surface area contributed by atoms with Gasteiger partial charge in [0.15, 0.2) is 5.11 Å². The number of thiocarbonyl (C=S) groups is 1. The van der Waals surface area contributed by atoms with Gasteiger partial charge in [-0.15, -0.1) is 0 Å². The second-order valence-corrected chi connectivity index (χ2v) is 4.70. The van der Waals surface area contributed by atoms with Crippen molar-refractivity contribution < 1.29 is 17.9 Å². The van der Waals surface area contributed by atoms with Crippen LogP contribution in [0, 0.1) is 0 Å². The molecule has 0 bridgehead atoms. The number of halogens is 4. The van der Waals surface area contributed by atoms with Gasteiger partial charge >= 0.3 is 6.18 Å². The molecule has 112 valence electrons. The SMILES string of the molecule is COCCCNC(=S)Nc1c(Cl)cccc1C(F)(F)F. The van der Waals surface area contributed by atoms with Crippen LogP contribution in [0.2, 0.25) is 5.02 Å². The van der Waals surface area contributed by atoms with Gasteiger partial charge in [0.1, 0.15) is 0 Å². The van der Waals surface area contributed by atoms with Crippen LogP contribution in [0.15, 0.2) is 18.2 Å². The molecule has 0 aliphatic rings. The molecule has 0 atom stereocenters. The Morgan fingerprint density at radius 2 is 2.10 bits per heavy atom. The van der Waals surface area contributed by atoms with E-state index >= 15 is 0 Å². The lowest BCUT2D eigenvalue weighted by Gasteiger charge is -2.17. The molecule has 0 heterocycles. The number of ether oxygens (including phenoxy) is 1. The van der Waals surface area contributed by atoms with Crippen LogP contribution >= 0.6 is 23.8 Å². The molecule has 3 nitrogen and oxygen atoms in total. The molecule has 0 spiro atoms. The fourth-order valence-corrected chi connectivity index (χ4v) is 1.89. The van der Waals surface area contributed by atoms with Crippen molar-refractivity contribution in [1.82, 2.24) is 5.32 Å². The molecule has 0 radical (unpaired) electrons. The maximum atomic E-state index is 12.9. The first-order valence-electron chi connectivity index (χ1n) is 5.75. The topological polar surface area (TPSA) is 33.3 Å². The number of methoxy groups -OCH3 is 1. The van der Waals surface area contributed by atoms with Crippen molar-refractivity contribution in [3.63, 3.8) is 0 Å². The first-order chi connectivity index (χ1) is 9.36. The van der Waals surface area contributed by atoms with E-state index in [2.05, 4.69) is 10.6 Å². The maximum Gasteiger partial charge on any atom is 0.418 e. The minimum Gasteiger partial charge on any atom is -0.385 e. The highest BCUT2D eigenvalue weighted by Gasteiger charge is 2.34. The molecular weight excluding hydrogens is 313 g/mol. The Bertz CT molecular complexity index is 469. The summed E-state index contributed by atoms with van der Waals surface area (Å²) in [5.41, 5.74) is -1.10. The van der Waals surface area contributed by atoms with Crippen molar-refractivity contribution in [3.8, 4) is 0 Å². The van der Waals surface area contributed by atoms with E-state index in [9.17, 15) is 13.2 Å². The Morgan fingerprint density at radius 3 is 2.70 bits per heavy atom. The first-order valence-corrected chi connectivity index (χ1v) is 6.54. The second-order valence-electron chi connectivity index (χ2n) is 3.89. The third-order valence-corrected chi connectivity index (χ3v) is 2.93. The molecule has 0 unspecified atom stereocenters. The van der Waals surface area contributed by atoms with Gasteiger partial charge in [-0.2, -0.15) is 13.2 Å². The van der Waals surface area contributed by atoms with E-state index in [0.29, 0.717) is 19.6 Å². The molecule has 20 heavy (non-hydrogen) atoms. The third kappa shape index (κ3) is 5.15. The zero-order valence-electron chi connectivity index (χ0n) is 10.7.